The van der Waals surface area contributed by atoms with E-state index in [4.69, 9.17) is 0 Å². The number of nitrogens with one attached hydrogen (secondary N) is 1. The molecule has 0 radical (unpaired) electrons. The lowest BCUT2D eigenvalue weighted by atomic mass is 10.2. The van der Waals surface area contributed by atoms with Gasteiger partial charge in [-0.1, -0.05) is 12.1 Å². The van der Waals surface area contributed by atoms with Gasteiger partial charge in [0.25, 0.3) is 0 Å². The van der Waals surface area contributed by atoms with Crippen LogP contribution in [0.4, 0.5) is 5.13 Å². The lowest BCUT2D eigenvalue weighted by molar-refractivity contribution is -0.119. The summed E-state index contributed by atoms with van der Waals surface area (Å²) >= 11 is 2.85. The van der Waals surface area contributed by atoms with Crippen LogP contribution in [0.5, 0.6) is 0 Å². The van der Waals surface area contributed by atoms with E-state index < -0.39 is 16.1 Å². The summed E-state index contributed by atoms with van der Waals surface area (Å²) in [5, 5.41) is 5.83. The van der Waals surface area contributed by atoms with Gasteiger partial charge in [-0.15, -0.1) is 22.7 Å². The van der Waals surface area contributed by atoms with Crippen molar-refractivity contribution < 1.29 is 13.2 Å². The Labute approximate surface area is 158 Å². The first kappa shape index (κ1) is 17.5. The zero-order valence-electron chi connectivity index (χ0n) is 13.9. The van der Waals surface area contributed by atoms with Crippen LogP contribution in [0.2, 0.25) is 0 Å². The van der Waals surface area contributed by atoms with E-state index in [0.29, 0.717) is 30.2 Å². The molecular weight excluding hydrogens is 392 g/mol. The average molecular weight is 409 g/mol. The van der Waals surface area contributed by atoms with Crippen LogP contribution in [0.25, 0.3) is 20.9 Å². The lowest BCUT2D eigenvalue weighted by Gasteiger charge is -2.20. The number of fused-ring (bicyclic) bond motifs is 1. The van der Waals surface area contributed by atoms with Crippen molar-refractivity contribution in [3.63, 3.8) is 0 Å². The molecule has 1 atom stereocenters. The van der Waals surface area contributed by atoms with Gasteiger partial charge in [-0.25, -0.2) is 18.4 Å². The minimum absolute atomic E-state index is 0.335. The zero-order valence-corrected chi connectivity index (χ0v) is 16.3. The predicted molar refractivity (Wildman–Crippen MR) is 104 cm³/mol. The molecule has 7 nitrogen and oxygen atoms in total. The molecule has 0 bridgehead atoms. The number of carbonyl (C=O) groups is 1. The highest BCUT2D eigenvalue weighted by molar-refractivity contribution is 7.88. The monoisotopic (exact) mass is 408 g/mol. The third kappa shape index (κ3) is 3.37. The van der Waals surface area contributed by atoms with Crippen LogP contribution in [0, 0.1) is 0 Å². The smallest absolute Gasteiger partial charge is 0.244 e. The molecule has 26 heavy (non-hydrogen) atoms. The molecule has 2 aromatic heterocycles. The molecule has 0 spiro atoms. The van der Waals surface area contributed by atoms with E-state index in [0.717, 1.165) is 21.5 Å². The third-order valence-electron chi connectivity index (χ3n) is 4.18. The second-order valence-electron chi connectivity index (χ2n) is 6.05. The van der Waals surface area contributed by atoms with Crippen LogP contribution in [0.1, 0.15) is 12.8 Å². The second-order valence-corrected chi connectivity index (χ2v) is 9.87. The van der Waals surface area contributed by atoms with Crippen LogP contribution >= 0.6 is 22.7 Å². The molecule has 0 saturated carbocycles. The molecule has 1 N–H and O–H groups in total. The highest BCUT2D eigenvalue weighted by Gasteiger charge is 2.36. The topological polar surface area (TPSA) is 92.3 Å². The summed E-state index contributed by atoms with van der Waals surface area (Å²) in [5.41, 5.74) is 1.62. The maximum atomic E-state index is 12.5. The summed E-state index contributed by atoms with van der Waals surface area (Å²) in [6.45, 7) is 0.381. The number of sulfonamides is 1. The van der Waals surface area contributed by atoms with Crippen molar-refractivity contribution in [3.8, 4) is 10.7 Å². The summed E-state index contributed by atoms with van der Waals surface area (Å²) in [5.74, 6) is -0.335. The van der Waals surface area contributed by atoms with Gasteiger partial charge >= 0.3 is 0 Å². The molecule has 10 heteroatoms. The van der Waals surface area contributed by atoms with Crippen LogP contribution in [0.3, 0.4) is 0 Å². The van der Waals surface area contributed by atoms with Gasteiger partial charge in [-0.2, -0.15) is 4.31 Å². The molecule has 0 aliphatic carbocycles. The Hall–Kier alpha value is -1.88. The highest BCUT2D eigenvalue weighted by Crippen LogP contribution is 2.32. The molecule has 3 aromatic rings. The Balaban J connectivity index is 1.52. The number of carbonyl (C=O) groups excluding carboxylic acids is 1. The molecule has 1 amide bonds. The van der Waals surface area contributed by atoms with Crippen LogP contribution in [-0.2, 0) is 14.8 Å². The molecule has 1 fully saturated rings. The maximum absolute atomic E-state index is 12.5. The van der Waals surface area contributed by atoms with Gasteiger partial charge in [0.15, 0.2) is 5.13 Å². The molecule has 1 aromatic carbocycles. The average Bonchev–Trinajstić information content (AvgIpc) is 3.32. The van der Waals surface area contributed by atoms with E-state index in [2.05, 4.69) is 15.3 Å². The number of benzene rings is 1. The summed E-state index contributed by atoms with van der Waals surface area (Å²) in [4.78, 5) is 21.5. The van der Waals surface area contributed by atoms with Gasteiger partial charge in [0.1, 0.15) is 16.7 Å². The zero-order chi connectivity index (χ0) is 18.3. The number of rotatable bonds is 4. The van der Waals surface area contributed by atoms with Gasteiger partial charge < -0.3 is 5.32 Å². The molecule has 1 aliphatic rings. The summed E-state index contributed by atoms with van der Waals surface area (Å²) in [6.07, 6.45) is 2.34. The van der Waals surface area contributed by atoms with Crippen molar-refractivity contribution >= 4 is 54.0 Å². The molecule has 136 valence electrons. The van der Waals surface area contributed by atoms with Gasteiger partial charge in [0, 0.05) is 11.9 Å². The van der Waals surface area contributed by atoms with Crippen LogP contribution < -0.4 is 5.32 Å². The minimum atomic E-state index is -3.39. The summed E-state index contributed by atoms with van der Waals surface area (Å²) < 4.78 is 25.9. The third-order valence-corrected chi connectivity index (χ3v) is 7.29. The van der Waals surface area contributed by atoms with Gasteiger partial charge in [-0.05, 0) is 25.0 Å². The van der Waals surface area contributed by atoms with Gasteiger partial charge in [-0.3, -0.25) is 4.79 Å². The number of nitrogens with zero attached hydrogens (tertiary/aromatic N) is 3. The Bertz CT molecular complexity index is 1040. The fraction of sp³-hybridized carbons (Fsp3) is 0.312. The molecule has 1 aliphatic heterocycles. The molecule has 3 heterocycles. The Kier molecular flexibility index (Phi) is 4.51. The van der Waals surface area contributed by atoms with Gasteiger partial charge in [0.2, 0.25) is 15.9 Å². The van der Waals surface area contributed by atoms with E-state index in [1.54, 1.807) is 11.3 Å². The highest BCUT2D eigenvalue weighted by atomic mass is 32.2. The summed E-state index contributed by atoms with van der Waals surface area (Å²) in [6, 6.07) is 7.19. The Morgan fingerprint density at radius 2 is 2.12 bits per heavy atom. The Morgan fingerprint density at radius 1 is 1.31 bits per heavy atom. The second kappa shape index (κ2) is 6.69. The number of amides is 1. The van der Waals surface area contributed by atoms with Crippen molar-refractivity contribution in [3.05, 3.63) is 29.6 Å². The quantitative estimate of drug-likeness (QED) is 0.717. The largest absolute Gasteiger partial charge is 0.301 e. The molecule has 1 unspecified atom stereocenters. The standard InChI is InChI=1S/C16H16N4O3S3/c1-26(22,23)20-8-4-6-12(20)14(21)19-16-18-11(9-24-16)15-17-10-5-2-3-7-13(10)25-15/h2-3,5,7,9,12H,4,6,8H2,1H3,(H,18,19,21). The van der Waals surface area contributed by atoms with Crippen molar-refractivity contribution in [2.75, 3.05) is 18.1 Å². The van der Waals surface area contributed by atoms with E-state index in [1.807, 2.05) is 29.6 Å². The number of aromatic nitrogens is 2. The number of hydrogen-bond acceptors (Lipinski definition) is 7. The van der Waals surface area contributed by atoms with Crippen LogP contribution in [-0.4, -0.2) is 47.4 Å². The number of thiazole rings is 2. The number of para-hydroxylation sites is 1. The minimum Gasteiger partial charge on any atom is -0.301 e. The first-order valence-electron chi connectivity index (χ1n) is 8.01. The lowest BCUT2D eigenvalue weighted by Crippen LogP contribution is -2.42. The molecular formula is C16H16N4O3S3. The number of hydrogen-bond donors (Lipinski definition) is 1. The van der Waals surface area contributed by atoms with E-state index in [-0.39, 0.29) is 5.91 Å². The number of anilines is 1. The Morgan fingerprint density at radius 3 is 2.88 bits per heavy atom. The van der Waals surface area contributed by atoms with Crippen molar-refractivity contribution in [2.24, 2.45) is 0 Å². The van der Waals surface area contributed by atoms with Gasteiger partial charge in [0.05, 0.1) is 16.5 Å². The van der Waals surface area contributed by atoms with Crippen LogP contribution in [0.15, 0.2) is 29.6 Å². The van der Waals surface area contributed by atoms with Crippen molar-refractivity contribution in [1.29, 1.82) is 0 Å². The van der Waals surface area contributed by atoms with E-state index >= 15 is 0 Å². The predicted octanol–water partition coefficient (Wildman–Crippen LogP) is 2.78. The normalized spacial score (nSPS) is 18.4. The fourth-order valence-corrected chi connectivity index (χ4v) is 5.82. The first-order chi connectivity index (χ1) is 12.4. The van der Waals surface area contributed by atoms with Crippen molar-refractivity contribution in [2.45, 2.75) is 18.9 Å². The molecule has 1 saturated heterocycles. The first-order valence-corrected chi connectivity index (χ1v) is 11.6. The van der Waals surface area contributed by atoms with E-state index in [9.17, 15) is 13.2 Å². The SMILES string of the molecule is CS(=O)(=O)N1CCCC1C(=O)Nc1nc(-c2nc3ccccc3s2)cs1. The van der Waals surface area contributed by atoms with E-state index in [1.165, 1.54) is 15.6 Å². The maximum Gasteiger partial charge on any atom is 0.244 e. The van der Waals surface area contributed by atoms with Crippen molar-refractivity contribution in [1.82, 2.24) is 14.3 Å². The fourth-order valence-electron chi connectivity index (χ4n) is 3.00. The molecule has 4 rings (SSSR count). The summed E-state index contributed by atoms with van der Waals surface area (Å²) in [7, 11) is -3.39.